The molecule has 6 heteroatoms. The summed E-state index contributed by atoms with van der Waals surface area (Å²) in [7, 11) is 1.71. The van der Waals surface area contributed by atoms with Gasteiger partial charge in [0.05, 0.1) is 12.7 Å². The van der Waals surface area contributed by atoms with Gasteiger partial charge in [-0.15, -0.1) is 0 Å². The standard InChI is InChI=1S/C12H25N3O3/c1-4-15(9(2)8-17-3)7-10-5-6-11(18-10)12(16)14-13/h9-11H,4-8,13H2,1-3H3,(H,14,16). The van der Waals surface area contributed by atoms with Crippen molar-refractivity contribution in [3.63, 3.8) is 0 Å². The lowest BCUT2D eigenvalue weighted by atomic mass is 10.1. The van der Waals surface area contributed by atoms with Gasteiger partial charge in [0.25, 0.3) is 5.91 Å². The quantitative estimate of drug-likeness (QED) is 0.379. The van der Waals surface area contributed by atoms with E-state index in [1.807, 2.05) is 0 Å². The van der Waals surface area contributed by atoms with Crippen LogP contribution in [0.25, 0.3) is 0 Å². The summed E-state index contributed by atoms with van der Waals surface area (Å²) >= 11 is 0. The second kappa shape index (κ2) is 7.68. The molecule has 0 aliphatic carbocycles. The molecule has 1 rings (SSSR count). The maximum Gasteiger partial charge on any atom is 0.263 e. The maximum absolute atomic E-state index is 11.4. The number of hydrogen-bond donors (Lipinski definition) is 2. The van der Waals surface area contributed by atoms with Gasteiger partial charge in [0, 0.05) is 19.7 Å². The summed E-state index contributed by atoms with van der Waals surface area (Å²) in [6, 6.07) is 0.353. The number of ether oxygens (including phenoxy) is 2. The summed E-state index contributed by atoms with van der Waals surface area (Å²) in [5, 5.41) is 0. The van der Waals surface area contributed by atoms with Gasteiger partial charge >= 0.3 is 0 Å². The molecule has 6 nitrogen and oxygen atoms in total. The van der Waals surface area contributed by atoms with E-state index < -0.39 is 6.10 Å². The Kier molecular flexibility index (Phi) is 6.56. The van der Waals surface area contributed by atoms with Gasteiger partial charge in [-0.2, -0.15) is 0 Å². The highest BCUT2D eigenvalue weighted by molar-refractivity contribution is 5.80. The first-order valence-electron chi connectivity index (χ1n) is 6.51. The fraction of sp³-hybridized carbons (Fsp3) is 0.917. The number of rotatable bonds is 7. The molecular weight excluding hydrogens is 234 g/mol. The van der Waals surface area contributed by atoms with Crippen LogP contribution in [0.1, 0.15) is 26.7 Å². The zero-order valence-corrected chi connectivity index (χ0v) is 11.5. The minimum Gasteiger partial charge on any atom is -0.383 e. The van der Waals surface area contributed by atoms with E-state index in [1.165, 1.54) is 0 Å². The average Bonchev–Trinajstić information content (AvgIpc) is 2.83. The average molecular weight is 259 g/mol. The maximum atomic E-state index is 11.4. The predicted molar refractivity (Wildman–Crippen MR) is 68.8 cm³/mol. The summed E-state index contributed by atoms with van der Waals surface area (Å²) in [6.45, 7) is 6.72. The van der Waals surface area contributed by atoms with Gasteiger partial charge in [0.2, 0.25) is 0 Å². The smallest absolute Gasteiger partial charge is 0.263 e. The second-order valence-corrected chi connectivity index (χ2v) is 4.72. The van der Waals surface area contributed by atoms with Crippen LogP contribution < -0.4 is 11.3 Å². The van der Waals surface area contributed by atoms with Crippen molar-refractivity contribution in [3.05, 3.63) is 0 Å². The van der Waals surface area contributed by atoms with Crippen LogP contribution >= 0.6 is 0 Å². The Bertz CT molecular complexity index is 263. The van der Waals surface area contributed by atoms with Crippen molar-refractivity contribution in [2.24, 2.45) is 5.84 Å². The molecule has 0 spiro atoms. The summed E-state index contributed by atoms with van der Waals surface area (Å²) in [4.78, 5) is 13.7. The zero-order valence-electron chi connectivity index (χ0n) is 11.5. The van der Waals surface area contributed by atoms with E-state index in [0.29, 0.717) is 12.6 Å². The van der Waals surface area contributed by atoms with Crippen molar-refractivity contribution in [2.45, 2.75) is 44.9 Å². The number of hydrazine groups is 1. The summed E-state index contributed by atoms with van der Waals surface area (Å²) in [5.74, 6) is 4.87. The highest BCUT2D eigenvalue weighted by Crippen LogP contribution is 2.21. The minimum absolute atomic E-state index is 0.103. The van der Waals surface area contributed by atoms with Gasteiger partial charge < -0.3 is 9.47 Å². The first kappa shape index (κ1) is 15.4. The van der Waals surface area contributed by atoms with E-state index in [1.54, 1.807) is 7.11 Å². The number of carbonyl (C=O) groups is 1. The number of methoxy groups -OCH3 is 1. The molecule has 1 aliphatic heterocycles. The molecule has 1 heterocycles. The molecule has 18 heavy (non-hydrogen) atoms. The van der Waals surface area contributed by atoms with Crippen LogP contribution in [0.2, 0.25) is 0 Å². The van der Waals surface area contributed by atoms with E-state index in [0.717, 1.165) is 25.9 Å². The zero-order chi connectivity index (χ0) is 13.5. The number of hydrogen-bond acceptors (Lipinski definition) is 5. The van der Waals surface area contributed by atoms with Crippen molar-refractivity contribution < 1.29 is 14.3 Å². The molecule has 0 aromatic carbocycles. The topological polar surface area (TPSA) is 76.8 Å². The molecule has 3 atom stereocenters. The van der Waals surface area contributed by atoms with E-state index >= 15 is 0 Å². The largest absolute Gasteiger partial charge is 0.383 e. The van der Waals surface area contributed by atoms with E-state index in [9.17, 15) is 4.79 Å². The predicted octanol–water partition coefficient (Wildman–Crippen LogP) is -0.119. The van der Waals surface area contributed by atoms with E-state index in [4.69, 9.17) is 15.3 Å². The van der Waals surface area contributed by atoms with Gasteiger partial charge in [0.1, 0.15) is 6.10 Å². The third kappa shape index (κ3) is 4.20. The van der Waals surface area contributed by atoms with Gasteiger partial charge in [0.15, 0.2) is 0 Å². The lowest BCUT2D eigenvalue weighted by molar-refractivity contribution is -0.132. The van der Waals surface area contributed by atoms with Crippen LogP contribution in [0, 0.1) is 0 Å². The first-order valence-corrected chi connectivity index (χ1v) is 6.51. The normalized spacial score (nSPS) is 25.4. The molecule has 106 valence electrons. The van der Waals surface area contributed by atoms with E-state index in [-0.39, 0.29) is 12.0 Å². The minimum atomic E-state index is -0.392. The van der Waals surface area contributed by atoms with Crippen LogP contribution in [0.3, 0.4) is 0 Å². The molecule has 0 aromatic heterocycles. The van der Waals surface area contributed by atoms with Gasteiger partial charge in [-0.25, -0.2) is 5.84 Å². The van der Waals surface area contributed by atoms with Gasteiger partial charge in [-0.3, -0.25) is 15.1 Å². The highest BCUT2D eigenvalue weighted by Gasteiger charge is 2.31. The third-order valence-electron chi connectivity index (χ3n) is 3.42. The second-order valence-electron chi connectivity index (χ2n) is 4.72. The molecule has 1 fully saturated rings. The molecule has 1 saturated heterocycles. The van der Waals surface area contributed by atoms with Crippen LogP contribution in [0.4, 0.5) is 0 Å². The van der Waals surface area contributed by atoms with Crippen molar-refractivity contribution in [2.75, 3.05) is 26.8 Å². The van der Waals surface area contributed by atoms with Gasteiger partial charge in [-0.1, -0.05) is 6.92 Å². The Balaban J connectivity index is 2.40. The number of nitrogens with one attached hydrogen (secondary N) is 1. The van der Waals surface area contributed by atoms with Crippen molar-refractivity contribution in [1.82, 2.24) is 10.3 Å². The Morgan fingerprint density at radius 2 is 2.33 bits per heavy atom. The SMILES string of the molecule is CCN(CC1CCC(C(=O)NN)O1)C(C)COC. The Labute approximate surface area is 109 Å². The van der Waals surface area contributed by atoms with Crippen LogP contribution in [0.5, 0.6) is 0 Å². The molecule has 1 aliphatic rings. The number of nitrogens with zero attached hydrogens (tertiary/aromatic N) is 1. The van der Waals surface area contributed by atoms with Crippen molar-refractivity contribution >= 4 is 5.91 Å². The fourth-order valence-electron chi connectivity index (χ4n) is 2.35. The number of carbonyl (C=O) groups excluding carboxylic acids is 1. The number of amides is 1. The Hall–Kier alpha value is -0.690. The Morgan fingerprint density at radius 1 is 1.61 bits per heavy atom. The molecule has 1 amide bonds. The van der Waals surface area contributed by atoms with Gasteiger partial charge in [-0.05, 0) is 26.3 Å². The first-order chi connectivity index (χ1) is 8.62. The summed E-state index contributed by atoms with van der Waals surface area (Å²) < 4.78 is 10.9. The number of nitrogens with two attached hydrogens (primary N) is 1. The molecule has 0 radical (unpaired) electrons. The summed E-state index contributed by atoms with van der Waals surface area (Å²) in [6.07, 6.45) is 1.35. The monoisotopic (exact) mass is 259 g/mol. The Morgan fingerprint density at radius 3 is 2.89 bits per heavy atom. The highest BCUT2D eigenvalue weighted by atomic mass is 16.5. The molecule has 0 bridgehead atoms. The third-order valence-corrected chi connectivity index (χ3v) is 3.42. The van der Waals surface area contributed by atoms with Crippen molar-refractivity contribution in [3.8, 4) is 0 Å². The fourth-order valence-corrected chi connectivity index (χ4v) is 2.35. The molecule has 0 saturated carbocycles. The van der Waals surface area contributed by atoms with E-state index in [2.05, 4.69) is 24.2 Å². The van der Waals surface area contributed by atoms with Crippen LogP contribution in [0.15, 0.2) is 0 Å². The molecule has 3 unspecified atom stereocenters. The number of likely N-dealkylation sites (N-methyl/N-ethyl adjacent to an activating group) is 1. The molecular formula is C12H25N3O3. The lowest BCUT2D eigenvalue weighted by Crippen LogP contribution is -2.42. The lowest BCUT2D eigenvalue weighted by Gasteiger charge is -2.29. The molecule has 3 N–H and O–H groups in total. The van der Waals surface area contributed by atoms with Crippen LogP contribution in [-0.2, 0) is 14.3 Å². The summed E-state index contributed by atoms with van der Waals surface area (Å²) in [5.41, 5.74) is 2.14. The van der Waals surface area contributed by atoms with Crippen molar-refractivity contribution in [1.29, 1.82) is 0 Å². The molecule has 0 aromatic rings. The van der Waals surface area contributed by atoms with Crippen LogP contribution in [-0.4, -0.2) is 55.9 Å².